The highest BCUT2D eigenvalue weighted by molar-refractivity contribution is 5.95. The Morgan fingerprint density at radius 3 is 2.57 bits per heavy atom. The first-order valence-corrected chi connectivity index (χ1v) is 11.0. The van der Waals surface area contributed by atoms with E-state index >= 15 is 0 Å². The third-order valence-electron chi connectivity index (χ3n) is 8.77. The van der Waals surface area contributed by atoms with Crippen molar-refractivity contribution in [2.45, 2.75) is 78.4 Å². The molecule has 3 fully saturated rings. The maximum Gasteiger partial charge on any atom is 0.159 e. The molecule has 3 saturated carbocycles. The van der Waals surface area contributed by atoms with Gasteiger partial charge in [0.05, 0.1) is 17.9 Å². The van der Waals surface area contributed by atoms with Crippen LogP contribution < -0.4 is 0 Å². The topological polar surface area (TPSA) is 79.1 Å². The molecule has 5 nitrogen and oxygen atoms in total. The Labute approximate surface area is 168 Å². The van der Waals surface area contributed by atoms with E-state index in [9.17, 15) is 15.0 Å². The van der Waals surface area contributed by atoms with E-state index in [1.54, 1.807) is 0 Å². The van der Waals surface area contributed by atoms with Crippen molar-refractivity contribution in [2.75, 3.05) is 6.61 Å². The number of allylic oxidation sites excluding steroid dienone is 2. The van der Waals surface area contributed by atoms with Crippen molar-refractivity contribution in [1.82, 2.24) is 0 Å². The third-order valence-corrected chi connectivity index (χ3v) is 8.77. The lowest BCUT2D eigenvalue weighted by atomic mass is 9.47. The summed E-state index contributed by atoms with van der Waals surface area (Å²) in [5, 5.41) is 24.9. The number of nitrogens with zero attached hydrogens (tertiary/aromatic N) is 1. The number of carbonyl (C=O) groups is 1. The first-order valence-electron chi connectivity index (χ1n) is 11.0. The predicted octanol–water partition coefficient (Wildman–Crippen LogP) is 3.49. The summed E-state index contributed by atoms with van der Waals surface area (Å²) in [7, 11) is 0. The number of hydrogen-bond acceptors (Lipinski definition) is 5. The summed E-state index contributed by atoms with van der Waals surface area (Å²) < 4.78 is 0. The minimum atomic E-state index is -0.779. The summed E-state index contributed by atoms with van der Waals surface area (Å²) in [4.78, 5) is 18.4. The fourth-order valence-electron chi connectivity index (χ4n) is 7.31. The van der Waals surface area contributed by atoms with E-state index in [1.165, 1.54) is 5.57 Å². The zero-order valence-electron chi connectivity index (χ0n) is 17.6. The van der Waals surface area contributed by atoms with Gasteiger partial charge in [-0.25, -0.2) is 0 Å². The average Bonchev–Trinajstić information content (AvgIpc) is 2.99. The van der Waals surface area contributed by atoms with Crippen LogP contribution in [-0.2, 0) is 9.63 Å². The Balaban J connectivity index is 1.67. The van der Waals surface area contributed by atoms with Crippen molar-refractivity contribution in [3.63, 3.8) is 0 Å². The Morgan fingerprint density at radius 2 is 1.86 bits per heavy atom. The molecule has 0 aromatic heterocycles. The summed E-state index contributed by atoms with van der Waals surface area (Å²) in [6.07, 6.45) is 5.66. The van der Waals surface area contributed by atoms with Gasteiger partial charge in [-0.2, -0.15) is 0 Å². The minimum Gasteiger partial charge on any atom is -0.396 e. The van der Waals surface area contributed by atoms with Crippen LogP contribution in [0.25, 0.3) is 0 Å². The molecule has 0 saturated heterocycles. The quantitative estimate of drug-likeness (QED) is 0.572. The van der Waals surface area contributed by atoms with Crippen molar-refractivity contribution in [3.8, 4) is 0 Å². The van der Waals surface area contributed by atoms with Crippen LogP contribution in [0.15, 0.2) is 16.8 Å². The number of hydrogen-bond donors (Lipinski definition) is 2. The number of aliphatic hydroxyl groups excluding tert-OH is 2. The fourth-order valence-corrected chi connectivity index (χ4v) is 7.31. The second-order valence-corrected chi connectivity index (χ2v) is 10.1. The molecule has 0 aromatic rings. The molecule has 4 rings (SSSR count). The second kappa shape index (κ2) is 6.94. The standard InChI is InChI=1S/C23H35NO4/c1-5-28-24-13(2)15-6-7-16-14-10-19(25)18-11-20(26)21(27)12-23(18,4)17(14)8-9-22(15,16)3/h10,15-18,20-21,26-27H,5-9,11-12H2,1-4H3/b24-13+. The molecule has 0 aromatic carbocycles. The average molecular weight is 390 g/mol. The third kappa shape index (κ3) is 2.80. The first kappa shape index (κ1) is 20.1. The van der Waals surface area contributed by atoms with E-state index in [0.29, 0.717) is 37.2 Å². The van der Waals surface area contributed by atoms with Gasteiger partial charge in [0.2, 0.25) is 0 Å². The normalized spacial score (nSPS) is 48.4. The van der Waals surface area contributed by atoms with E-state index in [2.05, 4.69) is 25.9 Å². The molecule has 8 unspecified atom stereocenters. The number of carbonyl (C=O) groups excluding carboxylic acids is 1. The molecule has 2 N–H and O–H groups in total. The highest BCUT2D eigenvalue weighted by atomic mass is 16.6. The van der Waals surface area contributed by atoms with Gasteiger partial charge >= 0.3 is 0 Å². The molecule has 156 valence electrons. The molecule has 4 aliphatic rings. The molecular weight excluding hydrogens is 354 g/mol. The predicted molar refractivity (Wildman–Crippen MR) is 108 cm³/mol. The summed E-state index contributed by atoms with van der Waals surface area (Å²) in [6, 6.07) is 0. The molecule has 4 aliphatic carbocycles. The molecule has 0 heterocycles. The second-order valence-electron chi connectivity index (χ2n) is 10.1. The van der Waals surface area contributed by atoms with E-state index in [4.69, 9.17) is 4.84 Å². The lowest BCUT2D eigenvalue weighted by molar-refractivity contribution is -0.142. The van der Waals surface area contributed by atoms with Gasteiger partial charge in [-0.1, -0.05) is 24.6 Å². The Kier molecular flexibility index (Phi) is 4.98. The largest absolute Gasteiger partial charge is 0.396 e. The van der Waals surface area contributed by atoms with Crippen molar-refractivity contribution in [1.29, 1.82) is 0 Å². The van der Waals surface area contributed by atoms with Crippen LogP contribution >= 0.6 is 0 Å². The molecule has 0 bridgehead atoms. The molecule has 5 heteroatoms. The van der Waals surface area contributed by atoms with Crippen LogP contribution in [0.1, 0.15) is 66.2 Å². The molecule has 0 amide bonds. The van der Waals surface area contributed by atoms with Gasteiger partial charge in [0.15, 0.2) is 5.78 Å². The zero-order valence-corrected chi connectivity index (χ0v) is 17.6. The fraction of sp³-hybridized carbons (Fsp3) is 0.826. The number of fused-ring (bicyclic) bond motifs is 5. The Bertz CT molecular complexity index is 715. The lowest BCUT2D eigenvalue weighted by Gasteiger charge is -2.57. The maximum absolute atomic E-state index is 13.1. The number of aliphatic hydroxyl groups is 2. The molecule has 0 aliphatic heterocycles. The molecule has 0 radical (unpaired) electrons. The van der Waals surface area contributed by atoms with Gasteiger partial charge in [-0.3, -0.25) is 4.79 Å². The van der Waals surface area contributed by atoms with Crippen LogP contribution in [0.5, 0.6) is 0 Å². The molecular formula is C23H35NO4. The van der Waals surface area contributed by atoms with E-state index in [-0.39, 0.29) is 22.5 Å². The van der Waals surface area contributed by atoms with Crippen LogP contribution in [-0.4, -0.2) is 40.5 Å². The van der Waals surface area contributed by atoms with E-state index in [0.717, 1.165) is 31.4 Å². The minimum absolute atomic E-state index is 0.114. The summed E-state index contributed by atoms with van der Waals surface area (Å²) in [6.45, 7) is 9.16. The highest BCUT2D eigenvalue weighted by Gasteiger charge is 2.60. The van der Waals surface area contributed by atoms with Gasteiger partial charge in [0.25, 0.3) is 0 Å². The number of ketones is 1. The van der Waals surface area contributed by atoms with E-state index in [1.807, 2.05) is 13.0 Å². The Morgan fingerprint density at radius 1 is 1.14 bits per heavy atom. The van der Waals surface area contributed by atoms with Gasteiger partial charge in [-0.05, 0) is 81.1 Å². The SMILES string of the molecule is CCO/N=C(\C)C1CCC2C3=CC(=O)C4CC(O)C(O)CC4(C)C3CCC21C. The van der Waals surface area contributed by atoms with E-state index < -0.39 is 12.2 Å². The summed E-state index contributed by atoms with van der Waals surface area (Å²) in [5.74, 6) is 1.12. The monoisotopic (exact) mass is 389 g/mol. The van der Waals surface area contributed by atoms with Crippen LogP contribution in [0, 0.1) is 34.5 Å². The van der Waals surface area contributed by atoms with Crippen molar-refractivity contribution in [2.24, 2.45) is 39.7 Å². The van der Waals surface area contributed by atoms with Gasteiger partial charge in [0, 0.05) is 11.8 Å². The number of rotatable bonds is 3. The van der Waals surface area contributed by atoms with Crippen molar-refractivity contribution >= 4 is 11.5 Å². The lowest BCUT2D eigenvalue weighted by Crippen LogP contribution is -2.55. The van der Waals surface area contributed by atoms with Crippen LogP contribution in [0.3, 0.4) is 0 Å². The van der Waals surface area contributed by atoms with Crippen LogP contribution in [0.2, 0.25) is 0 Å². The zero-order chi connectivity index (χ0) is 20.3. The highest BCUT2D eigenvalue weighted by Crippen LogP contribution is 2.65. The maximum atomic E-state index is 13.1. The van der Waals surface area contributed by atoms with Gasteiger partial charge < -0.3 is 15.1 Å². The van der Waals surface area contributed by atoms with Gasteiger partial charge in [0.1, 0.15) is 6.61 Å². The van der Waals surface area contributed by atoms with Crippen molar-refractivity contribution in [3.05, 3.63) is 11.6 Å². The molecule has 8 atom stereocenters. The van der Waals surface area contributed by atoms with Crippen molar-refractivity contribution < 1.29 is 19.8 Å². The molecule has 28 heavy (non-hydrogen) atoms. The first-order chi connectivity index (χ1) is 13.2. The van der Waals surface area contributed by atoms with Gasteiger partial charge in [-0.15, -0.1) is 0 Å². The van der Waals surface area contributed by atoms with Crippen LogP contribution in [0.4, 0.5) is 0 Å². The smallest absolute Gasteiger partial charge is 0.159 e. The Hall–Kier alpha value is -1.20. The molecule has 0 spiro atoms. The summed E-state index contributed by atoms with van der Waals surface area (Å²) in [5.41, 5.74) is 2.26. The number of oxime groups is 1. The summed E-state index contributed by atoms with van der Waals surface area (Å²) >= 11 is 0.